The van der Waals surface area contributed by atoms with Gasteiger partial charge in [-0.1, -0.05) is 12.1 Å². The highest BCUT2D eigenvalue weighted by Crippen LogP contribution is 2.44. The highest BCUT2D eigenvalue weighted by atomic mass is 16.5. The first kappa shape index (κ1) is 14.0. The molecule has 6 nitrogen and oxygen atoms in total. The van der Waals surface area contributed by atoms with Crippen molar-refractivity contribution in [1.29, 1.82) is 15.9 Å². The molecule has 0 spiro atoms. The summed E-state index contributed by atoms with van der Waals surface area (Å²) in [6.45, 7) is 0. The van der Waals surface area contributed by atoms with Crippen molar-refractivity contribution in [2.24, 2.45) is 5.92 Å². The van der Waals surface area contributed by atoms with Crippen LogP contribution in [-0.2, 0) is 0 Å². The van der Waals surface area contributed by atoms with Crippen LogP contribution < -0.4 is 4.74 Å². The first-order chi connectivity index (χ1) is 11.7. The number of hydrogen-bond donors (Lipinski definition) is 2. The van der Waals surface area contributed by atoms with Gasteiger partial charge in [-0.05, 0) is 17.7 Å². The van der Waals surface area contributed by atoms with Gasteiger partial charge in [0.2, 0.25) is 5.90 Å². The summed E-state index contributed by atoms with van der Waals surface area (Å²) in [4.78, 5) is 7.22. The Balaban J connectivity index is 1.99. The molecule has 2 N–H and O–H groups in total. The lowest BCUT2D eigenvalue weighted by Gasteiger charge is -2.30. The van der Waals surface area contributed by atoms with Crippen LogP contribution in [0.5, 0.6) is 5.75 Å². The van der Waals surface area contributed by atoms with E-state index >= 15 is 0 Å². The number of nitriles is 2. The number of H-pyrrole nitrogens is 1. The molecule has 3 aromatic rings. The normalized spacial score (nSPS) is 19.2. The van der Waals surface area contributed by atoms with E-state index in [1.54, 1.807) is 18.5 Å². The molecule has 0 amide bonds. The van der Waals surface area contributed by atoms with Crippen LogP contribution in [0.4, 0.5) is 0 Å². The Morgan fingerprint density at radius 2 is 2.08 bits per heavy atom. The van der Waals surface area contributed by atoms with Gasteiger partial charge >= 0.3 is 0 Å². The van der Waals surface area contributed by atoms with E-state index in [9.17, 15) is 5.26 Å². The van der Waals surface area contributed by atoms with E-state index in [1.807, 2.05) is 18.2 Å². The number of hydrogen-bond acceptors (Lipinski definition) is 5. The quantitative estimate of drug-likeness (QED) is 0.719. The summed E-state index contributed by atoms with van der Waals surface area (Å²) in [5.74, 6) is -0.707. The molecule has 0 fully saturated rings. The molecule has 2 unspecified atom stereocenters. The maximum atomic E-state index is 9.55. The molecule has 1 aliphatic rings. The number of aromatic nitrogens is 2. The van der Waals surface area contributed by atoms with Crippen LogP contribution in [0, 0.1) is 34.0 Å². The summed E-state index contributed by atoms with van der Waals surface area (Å²) in [5.41, 5.74) is 2.75. The Labute approximate surface area is 137 Å². The maximum absolute atomic E-state index is 9.55. The number of pyridine rings is 1. The third-order valence-corrected chi connectivity index (χ3v) is 4.26. The maximum Gasteiger partial charge on any atom is 0.205 e. The summed E-state index contributed by atoms with van der Waals surface area (Å²) in [6.07, 6.45) is 4.92. The van der Waals surface area contributed by atoms with E-state index in [1.165, 1.54) is 6.20 Å². The topological polar surface area (TPSA) is 109 Å². The van der Waals surface area contributed by atoms with Gasteiger partial charge in [-0.15, -0.1) is 0 Å². The molecule has 6 heteroatoms. The van der Waals surface area contributed by atoms with Crippen molar-refractivity contribution in [3.05, 3.63) is 59.5 Å². The minimum absolute atomic E-state index is 0.0977. The van der Waals surface area contributed by atoms with Crippen molar-refractivity contribution < 1.29 is 4.74 Å². The molecule has 2 atom stereocenters. The summed E-state index contributed by atoms with van der Waals surface area (Å²) >= 11 is 0. The van der Waals surface area contributed by atoms with Gasteiger partial charge < -0.3 is 9.72 Å². The van der Waals surface area contributed by atoms with Gasteiger partial charge in [0.15, 0.2) is 5.75 Å². The highest BCUT2D eigenvalue weighted by molar-refractivity contribution is 5.94. The van der Waals surface area contributed by atoms with E-state index < -0.39 is 11.8 Å². The first-order valence-corrected chi connectivity index (χ1v) is 7.34. The van der Waals surface area contributed by atoms with E-state index in [-0.39, 0.29) is 5.90 Å². The number of fused-ring (bicyclic) bond motifs is 3. The van der Waals surface area contributed by atoms with Gasteiger partial charge in [-0.25, -0.2) is 0 Å². The molecule has 0 saturated carbocycles. The largest absolute Gasteiger partial charge is 0.440 e. The monoisotopic (exact) mass is 313 g/mol. The lowest BCUT2D eigenvalue weighted by molar-refractivity contribution is 0.454. The lowest BCUT2D eigenvalue weighted by atomic mass is 9.79. The second kappa shape index (κ2) is 5.22. The fourth-order valence-corrected chi connectivity index (χ4v) is 3.17. The Morgan fingerprint density at radius 3 is 2.88 bits per heavy atom. The van der Waals surface area contributed by atoms with Crippen molar-refractivity contribution in [2.75, 3.05) is 0 Å². The summed E-state index contributed by atoms with van der Waals surface area (Å²) in [7, 11) is 0. The highest BCUT2D eigenvalue weighted by Gasteiger charge is 2.38. The first-order valence-electron chi connectivity index (χ1n) is 7.34. The van der Waals surface area contributed by atoms with Crippen LogP contribution in [0.25, 0.3) is 10.9 Å². The van der Waals surface area contributed by atoms with Crippen LogP contribution in [0.1, 0.15) is 22.6 Å². The van der Waals surface area contributed by atoms with E-state index in [2.05, 4.69) is 22.1 Å². The Hall–Kier alpha value is -3.64. The fraction of sp³-hybridized carbons (Fsp3) is 0.111. The predicted octanol–water partition coefficient (Wildman–Crippen LogP) is 3.08. The van der Waals surface area contributed by atoms with Crippen LogP contribution in [-0.4, -0.2) is 15.9 Å². The van der Waals surface area contributed by atoms with Gasteiger partial charge in [0, 0.05) is 35.5 Å². The summed E-state index contributed by atoms with van der Waals surface area (Å²) in [6, 6.07) is 11.7. The molecule has 0 bridgehead atoms. The van der Waals surface area contributed by atoms with Crippen molar-refractivity contribution in [3.63, 3.8) is 0 Å². The summed E-state index contributed by atoms with van der Waals surface area (Å²) in [5, 5.41) is 27.8. The van der Waals surface area contributed by atoms with Crippen LogP contribution in [0.2, 0.25) is 0 Å². The number of rotatable bonds is 1. The average molecular weight is 313 g/mol. The molecular formula is C18H11N5O. The van der Waals surface area contributed by atoms with Gasteiger partial charge in [0.25, 0.3) is 0 Å². The Kier molecular flexibility index (Phi) is 3.04. The number of nitrogens with one attached hydrogen (secondary N) is 2. The number of benzene rings is 1. The molecule has 1 aliphatic heterocycles. The number of nitrogens with zero attached hydrogens (tertiary/aromatic N) is 3. The number of ether oxygens (including phenoxy) is 1. The molecule has 24 heavy (non-hydrogen) atoms. The summed E-state index contributed by atoms with van der Waals surface area (Å²) < 4.78 is 5.66. The van der Waals surface area contributed by atoms with Crippen molar-refractivity contribution >= 4 is 16.8 Å². The lowest BCUT2D eigenvalue weighted by Crippen LogP contribution is -2.31. The molecule has 0 saturated heterocycles. The molecular weight excluding hydrogens is 302 g/mol. The minimum Gasteiger partial charge on any atom is -0.440 e. The van der Waals surface area contributed by atoms with Crippen molar-refractivity contribution in [1.82, 2.24) is 9.97 Å². The molecule has 0 aliphatic carbocycles. The third-order valence-electron chi connectivity index (χ3n) is 4.26. The van der Waals surface area contributed by atoms with Crippen LogP contribution in [0.3, 0.4) is 0 Å². The SMILES string of the molecule is N#Cc1cncc(C2c3ccc4cc[nH]c4c3OC(=N)C2C#N)c1. The molecule has 0 radical (unpaired) electrons. The smallest absolute Gasteiger partial charge is 0.205 e. The Morgan fingerprint density at radius 1 is 1.21 bits per heavy atom. The standard InChI is InChI=1S/C18H11N5O/c19-6-10-5-12(9-22-8-10)15-13-2-1-11-3-4-23-16(11)17(13)24-18(21)14(15)7-20/h1-5,8-9,14-15,21,23H. The second-order valence-corrected chi connectivity index (χ2v) is 5.60. The molecule has 1 aromatic carbocycles. The van der Waals surface area contributed by atoms with Gasteiger partial charge in [0.05, 0.1) is 17.1 Å². The predicted molar refractivity (Wildman–Crippen MR) is 86.6 cm³/mol. The Bertz CT molecular complexity index is 1050. The van der Waals surface area contributed by atoms with Gasteiger partial charge in [-0.3, -0.25) is 10.4 Å². The van der Waals surface area contributed by atoms with E-state index in [4.69, 9.17) is 15.4 Å². The zero-order valence-corrected chi connectivity index (χ0v) is 12.4. The van der Waals surface area contributed by atoms with Crippen LogP contribution >= 0.6 is 0 Å². The number of aromatic amines is 1. The van der Waals surface area contributed by atoms with Crippen molar-refractivity contribution in [2.45, 2.75) is 5.92 Å². The molecule has 4 rings (SSSR count). The fourth-order valence-electron chi connectivity index (χ4n) is 3.17. The molecule has 3 heterocycles. The minimum atomic E-state index is -0.763. The molecule has 114 valence electrons. The van der Waals surface area contributed by atoms with Gasteiger partial charge in [-0.2, -0.15) is 10.5 Å². The second-order valence-electron chi connectivity index (χ2n) is 5.60. The third kappa shape index (κ3) is 1.94. The van der Waals surface area contributed by atoms with Crippen LogP contribution in [0.15, 0.2) is 42.9 Å². The molecule has 2 aromatic heterocycles. The van der Waals surface area contributed by atoms with E-state index in [0.29, 0.717) is 11.3 Å². The van der Waals surface area contributed by atoms with Gasteiger partial charge in [0.1, 0.15) is 12.0 Å². The van der Waals surface area contributed by atoms with E-state index in [0.717, 1.165) is 22.0 Å². The zero-order valence-electron chi connectivity index (χ0n) is 12.4. The average Bonchev–Trinajstić information content (AvgIpc) is 3.09. The zero-order chi connectivity index (χ0) is 16.7. The van der Waals surface area contributed by atoms with Crippen molar-refractivity contribution in [3.8, 4) is 17.9 Å².